The summed E-state index contributed by atoms with van der Waals surface area (Å²) in [4.78, 5) is 12.2. The van der Waals surface area contributed by atoms with Gasteiger partial charge in [0.15, 0.2) is 0 Å². The molecule has 1 N–H and O–H groups in total. The maximum atomic E-state index is 12.2. The molecule has 0 fully saturated rings. The lowest BCUT2D eigenvalue weighted by Crippen LogP contribution is -2.13. The molecule has 2 aromatic carbocycles. The van der Waals surface area contributed by atoms with E-state index >= 15 is 0 Å². The van der Waals surface area contributed by atoms with Crippen molar-refractivity contribution >= 4 is 34.2 Å². The fourth-order valence-corrected chi connectivity index (χ4v) is 2.25. The minimum absolute atomic E-state index is 0.109. The van der Waals surface area contributed by atoms with Gasteiger partial charge in [0.1, 0.15) is 0 Å². The second-order valence-corrected chi connectivity index (χ2v) is 5.23. The molecule has 0 aliphatic heterocycles. The second-order valence-electron chi connectivity index (χ2n) is 4.07. The molecular weight excluding hydrogens is 353 g/mol. The summed E-state index contributed by atoms with van der Waals surface area (Å²) in [6.07, 6.45) is 0. The second kappa shape index (κ2) is 6.68. The molecule has 0 atom stereocenters. The maximum absolute atomic E-state index is 12.2. The molecule has 0 saturated heterocycles. The Balaban J connectivity index is 2.16. The number of benzene rings is 2. The Morgan fingerprint density at radius 3 is 2.74 bits per heavy atom. The van der Waals surface area contributed by atoms with E-state index in [2.05, 4.69) is 27.9 Å². The van der Waals surface area contributed by atoms with Crippen LogP contribution in [0.3, 0.4) is 0 Å². The van der Waals surface area contributed by atoms with Gasteiger partial charge < -0.3 is 10.1 Å². The first-order chi connectivity index (χ1) is 9.20. The molecule has 2 aromatic rings. The Bertz CT molecular complexity index is 584. The van der Waals surface area contributed by atoms with Gasteiger partial charge in [0.2, 0.25) is 0 Å². The molecular formula is C15H14INO2. The molecule has 0 aliphatic rings. The van der Waals surface area contributed by atoms with Crippen LogP contribution >= 0.6 is 22.6 Å². The summed E-state index contributed by atoms with van der Waals surface area (Å²) in [6.45, 7) is 0.504. The molecule has 98 valence electrons. The molecule has 0 spiro atoms. The molecule has 0 bridgehead atoms. The third-order valence-corrected chi connectivity index (χ3v) is 3.56. The number of nitrogens with one attached hydrogen (secondary N) is 1. The van der Waals surface area contributed by atoms with Crippen molar-refractivity contribution in [1.29, 1.82) is 0 Å². The summed E-state index contributed by atoms with van der Waals surface area (Å²) < 4.78 is 6.08. The highest BCUT2D eigenvalue weighted by atomic mass is 127. The fraction of sp³-hybridized carbons (Fsp3) is 0.133. The number of methoxy groups -OCH3 is 1. The minimum atomic E-state index is -0.109. The Kier molecular flexibility index (Phi) is 4.93. The molecule has 19 heavy (non-hydrogen) atoms. The van der Waals surface area contributed by atoms with Crippen molar-refractivity contribution < 1.29 is 9.53 Å². The first-order valence-corrected chi connectivity index (χ1v) is 6.92. The smallest absolute Gasteiger partial charge is 0.255 e. The fourth-order valence-electron chi connectivity index (χ4n) is 1.73. The van der Waals surface area contributed by atoms with Crippen LogP contribution < -0.4 is 5.32 Å². The topological polar surface area (TPSA) is 38.3 Å². The van der Waals surface area contributed by atoms with E-state index < -0.39 is 0 Å². The molecule has 0 heterocycles. The number of rotatable bonds is 4. The van der Waals surface area contributed by atoms with Gasteiger partial charge in [-0.2, -0.15) is 0 Å². The quantitative estimate of drug-likeness (QED) is 0.838. The summed E-state index contributed by atoms with van der Waals surface area (Å²) in [5, 5.41) is 2.91. The first kappa shape index (κ1) is 14.0. The van der Waals surface area contributed by atoms with Crippen LogP contribution in [0.5, 0.6) is 0 Å². The summed E-state index contributed by atoms with van der Waals surface area (Å²) >= 11 is 2.20. The largest absolute Gasteiger partial charge is 0.380 e. The molecule has 0 unspecified atom stereocenters. The molecule has 3 nitrogen and oxygen atoms in total. The molecule has 0 radical (unpaired) electrons. The van der Waals surface area contributed by atoms with Crippen molar-refractivity contribution in [3.05, 3.63) is 63.2 Å². The van der Waals surface area contributed by atoms with E-state index in [1.54, 1.807) is 13.2 Å². The van der Waals surface area contributed by atoms with Crippen molar-refractivity contribution in [2.75, 3.05) is 12.4 Å². The first-order valence-electron chi connectivity index (χ1n) is 5.84. The third kappa shape index (κ3) is 3.78. The highest BCUT2D eigenvalue weighted by molar-refractivity contribution is 14.1. The number of carbonyl (C=O) groups is 1. The standard InChI is InChI=1S/C15H14INO2/c1-19-10-11-5-4-6-12(9-11)15(18)17-14-8-3-2-7-13(14)16/h2-9H,10H2,1H3,(H,17,18). The van der Waals surface area contributed by atoms with Gasteiger partial charge in [0.05, 0.1) is 12.3 Å². The average Bonchev–Trinajstić information content (AvgIpc) is 2.42. The third-order valence-electron chi connectivity index (χ3n) is 2.62. The van der Waals surface area contributed by atoms with E-state index in [1.165, 1.54) is 0 Å². The zero-order valence-corrected chi connectivity index (χ0v) is 12.7. The zero-order chi connectivity index (χ0) is 13.7. The number of carbonyl (C=O) groups excluding carboxylic acids is 1. The van der Waals surface area contributed by atoms with E-state index in [0.717, 1.165) is 14.8 Å². The van der Waals surface area contributed by atoms with Crippen LogP contribution in [0, 0.1) is 3.57 Å². The summed E-state index contributed by atoms with van der Waals surface area (Å²) in [6, 6.07) is 15.1. The lowest BCUT2D eigenvalue weighted by Gasteiger charge is -2.08. The van der Waals surface area contributed by atoms with Crippen LogP contribution in [0.15, 0.2) is 48.5 Å². The van der Waals surface area contributed by atoms with Gasteiger partial charge in [-0.25, -0.2) is 0 Å². The molecule has 1 amide bonds. The lowest BCUT2D eigenvalue weighted by atomic mass is 10.1. The molecule has 2 rings (SSSR count). The van der Waals surface area contributed by atoms with Crippen LogP contribution in [0.1, 0.15) is 15.9 Å². The lowest BCUT2D eigenvalue weighted by molar-refractivity contribution is 0.102. The molecule has 0 saturated carbocycles. The normalized spacial score (nSPS) is 10.2. The monoisotopic (exact) mass is 367 g/mol. The van der Waals surface area contributed by atoms with E-state index in [-0.39, 0.29) is 5.91 Å². The van der Waals surface area contributed by atoms with Crippen LogP contribution in [-0.4, -0.2) is 13.0 Å². The van der Waals surface area contributed by atoms with Gasteiger partial charge in [-0.05, 0) is 52.4 Å². The molecule has 0 aliphatic carbocycles. The van der Waals surface area contributed by atoms with E-state index in [9.17, 15) is 4.79 Å². The minimum Gasteiger partial charge on any atom is -0.380 e. The average molecular weight is 367 g/mol. The number of halogens is 1. The maximum Gasteiger partial charge on any atom is 0.255 e. The number of anilines is 1. The number of ether oxygens (including phenoxy) is 1. The van der Waals surface area contributed by atoms with E-state index in [4.69, 9.17) is 4.74 Å². The number of amides is 1. The highest BCUT2D eigenvalue weighted by Crippen LogP contribution is 2.18. The van der Waals surface area contributed by atoms with Gasteiger partial charge in [-0.15, -0.1) is 0 Å². The molecule has 4 heteroatoms. The van der Waals surface area contributed by atoms with Crippen molar-refractivity contribution in [3.63, 3.8) is 0 Å². The molecule has 0 aromatic heterocycles. The van der Waals surface area contributed by atoms with Crippen molar-refractivity contribution in [2.45, 2.75) is 6.61 Å². The highest BCUT2D eigenvalue weighted by Gasteiger charge is 2.08. The van der Waals surface area contributed by atoms with Crippen LogP contribution in [-0.2, 0) is 11.3 Å². The van der Waals surface area contributed by atoms with Gasteiger partial charge in [-0.1, -0.05) is 24.3 Å². The summed E-state index contributed by atoms with van der Waals surface area (Å²) in [5.41, 5.74) is 2.44. The van der Waals surface area contributed by atoms with Crippen molar-refractivity contribution in [1.82, 2.24) is 0 Å². The van der Waals surface area contributed by atoms with E-state index in [1.807, 2.05) is 42.5 Å². The summed E-state index contributed by atoms with van der Waals surface area (Å²) in [7, 11) is 1.64. The van der Waals surface area contributed by atoms with Crippen molar-refractivity contribution in [3.8, 4) is 0 Å². The number of hydrogen-bond donors (Lipinski definition) is 1. The Labute approximate surface area is 126 Å². The number of para-hydroxylation sites is 1. The van der Waals surface area contributed by atoms with Crippen LogP contribution in [0.2, 0.25) is 0 Å². The summed E-state index contributed by atoms with van der Waals surface area (Å²) in [5.74, 6) is -0.109. The predicted molar refractivity (Wildman–Crippen MR) is 84.3 cm³/mol. The van der Waals surface area contributed by atoms with Gasteiger partial charge in [-0.3, -0.25) is 4.79 Å². The predicted octanol–water partition coefficient (Wildman–Crippen LogP) is 3.69. The SMILES string of the molecule is COCc1cccc(C(=O)Nc2ccccc2I)c1. The Morgan fingerprint density at radius 2 is 2.00 bits per heavy atom. The van der Waals surface area contributed by atoms with Crippen LogP contribution in [0.4, 0.5) is 5.69 Å². The van der Waals surface area contributed by atoms with Gasteiger partial charge in [0.25, 0.3) is 5.91 Å². The van der Waals surface area contributed by atoms with Gasteiger partial charge in [0, 0.05) is 16.2 Å². The Hall–Kier alpha value is -1.40. The number of hydrogen-bond acceptors (Lipinski definition) is 2. The van der Waals surface area contributed by atoms with E-state index in [0.29, 0.717) is 12.2 Å². The zero-order valence-electron chi connectivity index (χ0n) is 10.5. The van der Waals surface area contributed by atoms with Crippen LogP contribution in [0.25, 0.3) is 0 Å². The van der Waals surface area contributed by atoms with Crippen molar-refractivity contribution in [2.24, 2.45) is 0 Å². The van der Waals surface area contributed by atoms with Gasteiger partial charge >= 0.3 is 0 Å². The Morgan fingerprint density at radius 1 is 1.21 bits per heavy atom.